The van der Waals surface area contributed by atoms with Gasteiger partial charge < -0.3 is 24.4 Å². The molecule has 0 radical (unpaired) electrons. The number of likely N-dealkylation sites (tertiary alicyclic amines) is 1. The fourth-order valence-corrected chi connectivity index (χ4v) is 6.21. The lowest BCUT2D eigenvalue weighted by molar-refractivity contribution is -0.126. The predicted octanol–water partition coefficient (Wildman–Crippen LogP) is 3.69. The number of anilines is 1. The zero-order valence-corrected chi connectivity index (χ0v) is 24.5. The summed E-state index contributed by atoms with van der Waals surface area (Å²) in [6.07, 6.45) is 7.64. The Balaban J connectivity index is 1.35. The summed E-state index contributed by atoms with van der Waals surface area (Å²) in [5, 5.41) is 8.68. The maximum absolute atomic E-state index is 13.5. The Hall–Kier alpha value is -4.77. The van der Waals surface area contributed by atoms with Gasteiger partial charge in [-0.1, -0.05) is 30.3 Å². The zero-order valence-electron chi connectivity index (χ0n) is 24.5. The van der Waals surface area contributed by atoms with Crippen LogP contribution in [0.4, 0.5) is 5.82 Å². The number of hydrogen-bond acceptors (Lipinski definition) is 7. The van der Waals surface area contributed by atoms with Crippen molar-refractivity contribution in [1.82, 2.24) is 34.4 Å². The first-order valence-corrected chi connectivity index (χ1v) is 14.6. The summed E-state index contributed by atoms with van der Waals surface area (Å²) >= 11 is 0. The maximum atomic E-state index is 13.5. The number of carbonyl (C=O) groups excluding carboxylic acids is 2. The van der Waals surface area contributed by atoms with Gasteiger partial charge in [0.2, 0.25) is 5.91 Å². The van der Waals surface area contributed by atoms with Crippen molar-refractivity contribution in [2.45, 2.75) is 44.0 Å². The third-order valence-electron chi connectivity index (χ3n) is 8.76. The molecular formula is C32H34N8O3. The third-order valence-corrected chi connectivity index (χ3v) is 8.76. The summed E-state index contributed by atoms with van der Waals surface area (Å²) in [4.78, 5) is 39.6. The van der Waals surface area contributed by atoms with Crippen molar-refractivity contribution in [2.75, 3.05) is 32.6 Å². The van der Waals surface area contributed by atoms with Crippen LogP contribution >= 0.6 is 0 Å². The van der Waals surface area contributed by atoms with E-state index in [1.807, 2.05) is 56.7 Å². The lowest BCUT2D eigenvalue weighted by Crippen LogP contribution is -2.51. The average Bonchev–Trinajstić information content (AvgIpc) is 3.70. The van der Waals surface area contributed by atoms with E-state index in [-0.39, 0.29) is 30.0 Å². The zero-order chi connectivity index (χ0) is 29.7. The minimum atomic E-state index is -0.223. The van der Waals surface area contributed by atoms with Crippen LogP contribution in [0, 0.1) is 0 Å². The number of nitrogens with one attached hydrogen (secondary N) is 1. The fraction of sp³-hybridized carbons (Fsp3) is 0.344. The topological polar surface area (TPSA) is 110 Å². The Morgan fingerprint density at radius 1 is 1.14 bits per heavy atom. The van der Waals surface area contributed by atoms with Crippen LogP contribution in [0.5, 0.6) is 0 Å². The van der Waals surface area contributed by atoms with Crippen molar-refractivity contribution in [3.05, 3.63) is 78.2 Å². The highest BCUT2D eigenvalue weighted by atomic mass is 16.5. The molecule has 5 heterocycles. The molecule has 11 nitrogen and oxygen atoms in total. The Bertz CT molecular complexity index is 1830. The van der Waals surface area contributed by atoms with E-state index in [1.165, 1.54) is 0 Å². The van der Waals surface area contributed by atoms with Crippen LogP contribution in [0.15, 0.2) is 67.1 Å². The largest absolute Gasteiger partial charge is 0.379 e. The Labute approximate surface area is 249 Å². The molecule has 0 unspecified atom stereocenters. The van der Waals surface area contributed by atoms with Crippen molar-refractivity contribution in [3.8, 4) is 11.3 Å². The highest BCUT2D eigenvalue weighted by Crippen LogP contribution is 2.35. The minimum absolute atomic E-state index is 0.0158. The number of nitrogens with zero attached hydrogens (tertiary/aromatic N) is 7. The van der Waals surface area contributed by atoms with Gasteiger partial charge in [-0.25, -0.2) is 9.97 Å². The Morgan fingerprint density at radius 2 is 1.98 bits per heavy atom. The summed E-state index contributed by atoms with van der Waals surface area (Å²) in [5.74, 6) is 0.687. The first-order chi connectivity index (χ1) is 20.9. The van der Waals surface area contributed by atoms with Crippen molar-refractivity contribution >= 4 is 34.3 Å². The van der Waals surface area contributed by atoms with Crippen LogP contribution in [0.1, 0.15) is 41.2 Å². The Kier molecular flexibility index (Phi) is 6.81. The molecule has 5 aromatic rings. The number of benzene rings is 1. The van der Waals surface area contributed by atoms with Gasteiger partial charge in [0.1, 0.15) is 17.0 Å². The second-order valence-electron chi connectivity index (χ2n) is 11.5. The second-order valence-corrected chi connectivity index (χ2v) is 11.5. The molecule has 2 amide bonds. The SMILES string of the molecule is CO[C@H]1CC[C@@H]1NC(=O)c1cnn2c(N(C)Cc3ccccc3)cc(-c3cn([C@@H]4CC(=O)N(C)C4)c4ncccc34)nc12. The molecule has 1 saturated carbocycles. The number of fused-ring (bicyclic) bond motifs is 2. The summed E-state index contributed by atoms with van der Waals surface area (Å²) in [5.41, 5.74) is 4.40. The molecule has 2 fully saturated rings. The summed E-state index contributed by atoms with van der Waals surface area (Å²) in [6, 6.07) is 16.1. The van der Waals surface area contributed by atoms with Crippen LogP contribution in [0.2, 0.25) is 0 Å². The van der Waals surface area contributed by atoms with Gasteiger partial charge in [0, 0.05) is 70.1 Å². The highest BCUT2D eigenvalue weighted by Gasteiger charge is 2.34. The van der Waals surface area contributed by atoms with Gasteiger partial charge in [0.15, 0.2) is 5.65 Å². The molecule has 1 saturated heterocycles. The van der Waals surface area contributed by atoms with E-state index < -0.39 is 0 Å². The summed E-state index contributed by atoms with van der Waals surface area (Å²) in [6.45, 7) is 1.25. The second kappa shape index (κ2) is 10.8. The van der Waals surface area contributed by atoms with Gasteiger partial charge in [0.05, 0.1) is 30.1 Å². The van der Waals surface area contributed by atoms with Crippen LogP contribution in [-0.4, -0.2) is 80.8 Å². The molecule has 2 aliphatic rings. The average molecular weight is 579 g/mol. The monoisotopic (exact) mass is 578 g/mol. The fourth-order valence-electron chi connectivity index (χ4n) is 6.21. The number of amides is 2. The van der Waals surface area contributed by atoms with Crippen LogP contribution < -0.4 is 10.2 Å². The molecule has 11 heteroatoms. The molecular weight excluding hydrogens is 544 g/mol. The molecule has 4 aromatic heterocycles. The minimum Gasteiger partial charge on any atom is -0.379 e. The van der Waals surface area contributed by atoms with Gasteiger partial charge >= 0.3 is 0 Å². The number of methoxy groups -OCH3 is 1. The van der Waals surface area contributed by atoms with E-state index in [2.05, 4.69) is 32.0 Å². The van der Waals surface area contributed by atoms with Crippen LogP contribution in [0.3, 0.4) is 0 Å². The predicted molar refractivity (Wildman–Crippen MR) is 163 cm³/mol. The van der Waals surface area contributed by atoms with E-state index in [9.17, 15) is 9.59 Å². The smallest absolute Gasteiger partial charge is 0.257 e. The van der Waals surface area contributed by atoms with Gasteiger partial charge in [-0.2, -0.15) is 9.61 Å². The van der Waals surface area contributed by atoms with Gasteiger partial charge in [-0.15, -0.1) is 0 Å². The molecule has 1 aliphatic heterocycles. The molecule has 1 N–H and O–H groups in total. The summed E-state index contributed by atoms with van der Waals surface area (Å²) in [7, 11) is 5.51. The molecule has 43 heavy (non-hydrogen) atoms. The Morgan fingerprint density at radius 3 is 2.70 bits per heavy atom. The molecule has 1 aromatic carbocycles. The number of carbonyl (C=O) groups is 2. The standard InChI is InChI=1S/C32H34N8O3/c1-37(17-20-8-5-4-6-9-20)28-15-26(35-31-23(16-34-40(28)31)32(42)36-25-11-12-27(25)43-3)24-19-39(21-14-29(41)38(2)18-21)30-22(24)10-7-13-33-30/h4-10,13,15-16,19,21,25,27H,11-12,14,17-18H2,1-3H3,(H,36,42)/t21-,25+,27+/m1/s1. The van der Waals surface area contributed by atoms with Gasteiger partial charge in [-0.3, -0.25) is 9.59 Å². The van der Waals surface area contributed by atoms with E-state index in [0.717, 1.165) is 40.8 Å². The number of likely N-dealkylation sites (N-methyl/N-ethyl adjacent to an activating group) is 1. The van der Waals surface area contributed by atoms with Crippen molar-refractivity contribution in [3.63, 3.8) is 0 Å². The molecule has 220 valence electrons. The van der Waals surface area contributed by atoms with Crippen molar-refractivity contribution in [1.29, 1.82) is 0 Å². The molecule has 7 rings (SSSR count). The van der Waals surface area contributed by atoms with Crippen molar-refractivity contribution < 1.29 is 14.3 Å². The normalized spacial score (nSPS) is 20.1. The first kappa shape index (κ1) is 27.1. The lowest BCUT2D eigenvalue weighted by Gasteiger charge is -2.35. The van der Waals surface area contributed by atoms with E-state index >= 15 is 0 Å². The maximum Gasteiger partial charge on any atom is 0.257 e. The van der Waals surface area contributed by atoms with E-state index in [1.54, 1.807) is 28.9 Å². The summed E-state index contributed by atoms with van der Waals surface area (Å²) < 4.78 is 9.33. The van der Waals surface area contributed by atoms with Crippen LogP contribution in [0.25, 0.3) is 27.9 Å². The third kappa shape index (κ3) is 4.79. The van der Waals surface area contributed by atoms with Crippen molar-refractivity contribution in [2.24, 2.45) is 0 Å². The molecule has 0 spiro atoms. The molecule has 0 bridgehead atoms. The van der Waals surface area contributed by atoms with Gasteiger partial charge in [-0.05, 0) is 30.5 Å². The number of rotatable bonds is 8. The molecule has 1 aliphatic carbocycles. The van der Waals surface area contributed by atoms with Gasteiger partial charge in [0.25, 0.3) is 5.91 Å². The molecule has 3 atom stereocenters. The number of pyridine rings is 1. The highest BCUT2D eigenvalue weighted by molar-refractivity contribution is 6.01. The number of aromatic nitrogens is 5. The van der Waals surface area contributed by atoms with E-state index in [4.69, 9.17) is 14.7 Å². The number of hydrogen-bond donors (Lipinski definition) is 1. The van der Waals surface area contributed by atoms with E-state index in [0.29, 0.717) is 36.4 Å². The number of ether oxygens (including phenoxy) is 1. The quantitative estimate of drug-likeness (QED) is 0.299. The van der Waals surface area contributed by atoms with Crippen LogP contribution in [-0.2, 0) is 16.1 Å². The lowest BCUT2D eigenvalue weighted by atomic mass is 9.89. The first-order valence-electron chi connectivity index (χ1n) is 14.6.